The Balaban J connectivity index is 2.82. The van der Waals surface area contributed by atoms with Crippen LogP contribution in [0.1, 0.15) is 6.42 Å². The maximum absolute atomic E-state index is 13.7. The fourth-order valence-corrected chi connectivity index (χ4v) is 5.68. The number of carbonyl (C=O) groups is 1. The van der Waals surface area contributed by atoms with Gasteiger partial charge in [0.05, 0.1) is 6.61 Å². The molecule has 19 heteroatoms. The molecule has 1 heterocycles. The van der Waals surface area contributed by atoms with Crippen LogP contribution >= 0.6 is 0 Å². The largest absolute Gasteiger partial charge is 0.512 e. The molecule has 0 aromatic rings. The highest BCUT2D eigenvalue weighted by Gasteiger charge is 2.61. The topological polar surface area (TPSA) is 165 Å². The minimum absolute atomic E-state index is 0.0674. The van der Waals surface area contributed by atoms with Gasteiger partial charge in [0.25, 0.3) is 10.0 Å². The van der Waals surface area contributed by atoms with Crippen LogP contribution in [0.3, 0.4) is 0 Å². The number of hydrogen-bond acceptors (Lipinski definition) is 9. The Labute approximate surface area is 149 Å². The van der Waals surface area contributed by atoms with Crippen molar-refractivity contribution < 1.29 is 56.7 Å². The Morgan fingerprint density at radius 2 is 1.48 bits per heavy atom. The zero-order chi connectivity index (χ0) is 21.3. The Morgan fingerprint density at radius 3 is 1.93 bits per heavy atom. The predicted octanol–water partition coefficient (Wildman–Crippen LogP) is -1.87. The van der Waals surface area contributed by atoms with Crippen molar-refractivity contribution in [1.82, 2.24) is 14.2 Å². The molecule has 0 aliphatic carbocycles. The molecular weight excluding hydrogens is 457 g/mol. The number of ether oxygens (including phenoxy) is 1. The number of sulfonamides is 3. The fraction of sp³-hybridized carbons (Fsp3) is 0.875. The van der Waals surface area contributed by atoms with Gasteiger partial charge in [0, 0.05) is 19.5 Å². The number of hydrogen-bond donors (Lipinski definition) is 3. The Hall–Kier alpha value is -1.15. The number of carbonyl (C=O) groups excluding carboxylic acids is 1. The molecule has 1 aliphatic heterocycles. The minimum atomic E-state index is -6.86. The van der Waals surface area contributed by atoms with Crippen LogP contribution in [-0.2, 0) is 39.6 Å². The van der Waals surface area contributed by atoms with Crippen molar-refractivity contribution in [3.63, 3.8) is 0 Å². The second-order valence-corrected chi connectivity index (χ2v) is 10.6. The number of esters is 1. The first-order valence-electron chi connectivity index (χ1n) is 6.56. The van der Waals surface area contributed by atoms with E-state index in [0.717, 1.165) is 4.72 Å². The third-order valence-corrected chi connectivity index (χ3v) is 8.41. The van der Waals surface area contributed by atoms with E-state index >= 15 is 0 Å². The minimum Gasteiger partial charge on any atom is -0.464 e. The molecule has 1 fully saturated rings. The van der Waals surface area contributed by atoms with Gasteiger partial charge in [0.1, 0.15) is 6.04 Å². The summed E-state index contributed by atoms with van der Waals surface area (Å²) in [6, 6.07) is -0.850. The summed E-state index contributed by atoms with van der Waals surface area (Å²) < 4.78 is 130. The van der Waals surface area contributed by atoms with Gasteiger partial charge in [-0.15, -0.1) is 0 Å². The van der Waals surface area contributed by atoms with Gasteiger partial charge in [0.15, 0.2) is 0 Å². The second kappa shape index (κ2) is 7.70. The van der Waals surface area contributed by atoms with Gasteiger partial charge >= 0.3 is 36.1 Å². The Kier molecular flexibility index (Phi) is 6.81. The summed E-state index contributed by atoms with van der Waals surface area (Å²) in [4.78, 5) is 11.1. The highest BCUT2D eigenvalue weighted by atomic mass is 32.3. The molecule has 0 amide bonds. The van der Waals surface area contributed by atoms with E-state index in [0.29, 0.717) is 0 Å². The first-order valence-corrected chi connectivity index (χ1v) is 11.0. The van der Waals surface area contributed by atoms with Gasteiger partial charge in [-0.25, -0.2) is 30.0 Å². The molecule has 1 aliphatic rings. The lowest BCUT2D eigenvalue weighted by molar-refractivity contribution is -0.139. The molecule has 1 atom stereocenters. The molecule has 27 heavy (non-hydrogen) atoms. The van der Waals surface area contributed by atoms with Crippen molar-refractivity contribution in [3.05, 3.63) is 0 Å². The highest BCUT2D eigenvalue weighted by Crippen LogP contribution is 2.30. The molecule has 0 saturated carbocycles. The summed E-state index contributed by atoms with van der Waals surface area (Å²) in [5, 5.41) is 2.40. The van der Waals surface area contributed by atoms with Crippen LogP contribution in [0.4, 0.5) is 22.0 Å². The monoisotopic (exact) mass is 469 g/mol. The molecule has 160 valence electrons. The van der Waals surface area contributed by atoms with Crippen molar-refractivity contribution in [1.29, 1.82) is 0 Å². The van der Waals surface area contributed by atoms with E-state index in [2.05, 4.69) is 10.1 Å². The summed E-state index contributed by atoms with van der Waals surface area (Å²) in [7, 11) is -19.8. The average Bonchev–Trinajstić information content (AvgIpc) is 2.86. The Morgan fingerprint density at radius 1 is 0.926 bits per heavy atom. The van der Waals surface area contributed by atoms with E-state index in [4.69, 9.17) is 0 Å². The molecule has 0 radical (unpaired) electrons. The molecule has 0 aromatic heterocycles. The van der Waals surface area contributed by atoms with E-state index in [1.807, 2.05) is 0 Å². The average molecular weight is 469 g/mol. The van der Waals surface area contributed by atoms with E-state index in [9.17, 15) is 52.0 Å². The number of nitrogens with one attached hydrogen (secondary N) is 3. The van der Waals surface area contributed by atoms with Crippen LogP contribution in [0.2, 0.25) is 0 Å². The fourth-order valence-electron chi connectivity index (χ4n) is 1.58. The number of halogens is 5. The summed E-state index contributed by atoms with van der Waals surface area (Å²) in [5.41, 5.74) is -6.28. The molecule has 0 bridgehead atoms. The Bertz CT molecular complexity index is 883. The van der Waals surface area contributed by atoms with Gasteiger partial charge in [-0.05, 0) is 0 Å². The van der Waals surface area contributed by atoms with Crippen molar-refractivity contribution >= 4 is 36.0 Å². The van der Waals surface area contributed by atoms with Crippen LogP contribution in [-0.4, -0.2) is 67.1 Å². The van der Waals surface area contributed by atoms with Crippen LogP contribution in [0, 0.1) is 0 Å². The maximum Gasteiger partial charge on any atom is 0.512 e. The van der Waals surface area contributed by atoms with Gasteiger partial charge in [0.2, 0.25) is 0 Å². The summed E-state index contributed by atoms with van der Waals surface area (Å²) >= 11 is 0. The molecule has 11 nitrogen and oxygen atoms in total. The smallest absolute Gasteiger partial charge is 0.464 e. The molecule has 0 aromatic carbocycles. The first-order chi connectivity index (χ1) is 11.9. The third-order valence-electron chi connectivity index (χ3n) is 2.89. The van der Waals surface area contributed by atoms with E-state index in [1.165, 1.54) is 0 Å². The van der Waals surface area contributed by atoms with Crippen LogP contribution in [0.5, 0.6) is 0 Å². The standard InChI is InChI=1S/C8H12F5N3O8S3/c9-7(10,11)25(18,19)16-27(22,23)8(12,13)26(20,21)15-3-2-14-5-1-4-24-6(5)17/h5,14-16H,1-4H2. The van der Waals surface area contributed by atoms with E-state index in [-0.39, 0.29) is 17.2 Å². The van der Waals surface area contributed by atoms with Gasteiger partial charge in [-0.1, -0.05) is 4.13 Å². The zero-order valence-electron chi connectivity index (χ0n) is 12.8. The normalized spacial score (nSPS) is 19.9. The van der Waals surface area contributed by atoms with Gasteiger partial charge < -0.3 is 10.1 Å². The SMILES string of the molecule is O=C1OCCC1NCCNS(=O)(=O)C(F)(F)S(=O)(=O)NS(=O)(=O)C(F)(F)F. The lowest BCUT2D eigenvalue weighted by atomic mass is 10.2. The summed E-state index contributed by atoms with van der Waals surface area (Å²) in [6.07, 6.45) is 0.204. The molecule has 0 spiro atoms. The molecule has 1 saturated heterocycles. The van der Waals surface area contributed by atoms with Crippen molar-refractivity contribution in [2.45, 2.75) is 22.6 Å². The lowest BCUT2D eigenvalue weighted by Crippen LogP contribution is -2.54. The van der Waals surface area contributed by atoms with Crippen LogP contribution in [0.15, 0.2) is 0 Å². The maximum atomic E-state index is 13.7. The summed E-state index contributed by atoms with van der Waals surface area (Å²) in [5.74, 6) is -0.688. The predicted molar refractivity (Wildman–Crippen MR) is 76.3 cm³/mol. The summed E-state index contributed by atoms with van der Waals surface area (Å²) in [6.45, 7) is -1.29. The van der Waals surface area contributed by atoms with E-state index in [1.54, 1.807) is 0 Å². The molecular formula is C8H12F5N3O8S3. The van der Waals surface area contributed by atoms with Crippen LogP contribution < -0.4 is 14.2 Å². The van der Waals surface area contributed by atoms with Gasteiger partial charge in [-0.3, -0.25) is 4.79 Å². The van der Waals surface area contributed by atoms with Crippen molar-refractivity contribution in [3.8, 4) is 0 Å². The molecule has 1 unspecified atom stereocenters. The zero-order valence-corrected chi connectivity index (χ0v) is 15.2. The number of cyclic esters (lactones) is 1. The number of rotatable bonds is 9. The van der Waals surface area contributed by atoms with Crippen LogP contribution in [0.25, 0.3) is 0 Å². The van der Waals surface area contributed by atoms with E-state index < -0.39 is 65.3 Å². The first kappa shape index (κ1) is 23.9. The van der Waals surface area contributed by atoms with Crippen molar-refractivity contribution in [2.75, 3.05) is 19.7 Å². The lowest BCUT2D eigenvalue weighted by Gasteiger charge is -2.19. The quantitative estimate of drug-likeness (QED) is 0.199. The molecule has 1 rings (SSSR count). The third kappa shape index (κ3) is 5.22. The van der Waals surface area contributed by atoms with Gasteiger partial charge in [-0.2, -0.15) is 22.0 Å². The highest BCUT2D eigenvalue weighted by molar-refractivity contribution is 8.13. The second-order valence-electron chi connectivity index (χ2n) is 4.86. The number of alkyl halides is 5. The molecule has 3 N–H and O–H groups in total. The van der Waals surface area contributed by atoms with Crippen molar-refractivity contribution in [2.24, 2.45) is 0 Å².